The Morgan fingerprint density at radius 2 is 2.00 bits per heavy atom. The zero-order chi connectivity index (χ0) is 16.8. The van der Waals surface area contributed by atoms with E-state index < -0.39 is 0 Å². The van der Waals surface area contributed by atoms with Gasteiger partial charge in [-0.3, -0.25) is 14.0 Å². The molecule has 2 amide bonds. The van der Waals surface area contributed by atoms with E-state index in [1.165, 1.54) is 0 Å². The van der Waals surface area contributed by atoms with Crippen molar-refractivity contribution in [2.75, 3.05) is 13.1 Å². The molecule has 0 fully saturated rings. The smallest absolute Gasteiger partial charge is 0.287 e. The fourth-order valence-corrected chi connectivity index (χ4v) is 2.20. The van der Waals surface area contributed by atoms with Crippen molar-refractivity contribution in [1.29, 1.82) is 0 Å². The number of unbranched alkanes of at least 4 members (excludes halogenated alkanes) is 1. The van der Waals surface area contributed by atoms with Gasteiger partial charge in [0, 0.05) is 19.3 Å². The molecule has 6 heteroatoms. The first-order chi connectivity index (χ1) is 11.0. The van der Waals surface area contributed by atoms with Crippen LogP contribution in [0, 0.1) is 5.92 Å². The molecular weight excluding hydrogens is 292 g/mol. The molecule has 124 valence electrons. The second-order valence-electron chi connectivity index (χ2n) is 5.95. The number of aromatic nitrogens is 2. The highest BCUT2D eigenvalue weighted by atomic mass is 16.2. The molecule has 0 aromatic carbocycles. The van der Waals surface area contributed by atoms with Crippen molar-refractivity contribution in [3.63, 3.8) is 0 Å². The first-order valence-corrected chi connectivity index (χ1v) is 8.08. The van der Waals surface area contributed by atoms with E-state index in [-0.39, 0.29) is 23.3 Å². The highest BCUT2D eigenvalue weighted by Gasteiger charge is 2.21. The number of carbonyl (C=O) groups is 2. The van der Waals surface area contributed by atoms with Crippen molar-refractivity contribution in [2.24, 2.45) is 5.92 Å². The van der Waals surface area contributed by atoms with E-state index in [1.807, 2.05) is 26.0 Å². The predicted molar refractivity (Wildman–Crippen MR) is 89.6 cm³/mol. The fourth-order valence-electron chi connectivity index (χ4n) is 2.20. The average Bonchev–Trinajstić information content (AvgIpc) is 2.92. The molecule has 0 spiro atoms. The second-order valence-corrected chi connectivity index (χ2v) is 5.95. The van der Waals surface area contributed by atoms with Gasteiger partial charge < -0.3 is 10.6 Å². The molecule has 2 N–H and O–H groups in total. The number of nitrogens with one attached hydrogen (secondary N) is 2. The van der Waals surface area contributed by atoms with Crippen LogP contribution in [0.2, 0.25) is 0 Å². The minimum Gasteiger partial charge on any atom is -0.351 e. The largest absolute Gasteiger partial charge is 0.351 e. The highest BCUT2D eigenvalue weighted by Crippen LogP contribution is 2.13. The van der Waals surface area contributed by atoms with E-state index in [2.05, 4.69) is 22.5 Å². The zero-order valence-electron chi connectivity index (χ0n) is 13.9. The molecule has 2 aromatic rings. The van der Waals surface area contributed by atoms with Gasteiger partial charge in [0.25, 0.3) is 11.8 Å². The lowest BCUT2D eigenvalue weighted by molar-refractivity contribution is 0.0938. The van der Waals surface area contributed by atoms with Crippen molar-refractivity contribution in [1.82, 2.24) is 20.0 Å². The Bertz CT molecular complexity index is 691. The predicted octanol–water partition coefficient (Wildman–Crippen LogP) is 2.25. The summed E-state index contributed by atoms with van der Waals surface area (Å²) < 4.78 is 1.66. The van der Waals surface area contributed by atoms with Crippen LogP contribution < -0.4 is 10.6 Å². The molecule has 0 bridgehead atoms. The van der Waals surface area contributed by atoms with E-state index in [9.17, 15) is 9.59 Å². The van der Waals surface area contributed by atoms with Gasteiger partial charge in [-0.05, 0) is 24.5 Å². The quantitative estimate of drug-likeness (QED) is 0.769. The molecule has 2 rings (SSSR count). The Labute approximate surface area is 136 Å². The van der Waals surface area contributed by atoms with Crippen molar-refractivity contribution >= 4 is 17.3 Å². The molecule has 0 aliphatic carbocycles. The number of amides is 2. The maximum atomic E-state index is 12.3. The van der Waals surface area contributed by atoms with Crippen molar-refractivity contribution in [2.45, 2.75) is 33.6 Å². The summed E-state index contributed by atoms with van der Waals surface area (Å²) in [6.07, 6.45) is 3.67. The molecule has 0 saturated carbocycles. The van der Waals surface area contributed by atoms with Gasteiger partial charge >= 0.3 is 0 Å². The van der Waals surface area contributed by atoms with Crippen LogP contribution in [-0.4, -0.2) is 34.3 Å². The summed E-state index contributed by atoms with van der Waals surface area (Å²) in [5.41, 5.74) is 0.924. The summed E-state index contributed by atoms with van der Waals surface area (Å²) >= 11 is 0. The third kappa shape index (κ3) is 4.09. The van der Waals surface area contributed by atoms with Gasteiger partial charge in [-0.1, -0.05) is 33.3 Å². The highest BCUT2D eigenvalue weighted by molar-refractivity contribution is 6.02. The molecule has 0 aliphatic rings. The molecule has 2 aromatic heterocycles. The van der Waals surface area contributed by atoms with Gasteiger partial charge in [0.05, 0.1) is 5.52 Å². The van der Waals surface area contributed by atoms with E-state index in [0.717, 1.165) is 12.8 Å². The van der Waals surface area contributed by atoms with Gasteiger partial charge in [-0.25, -0.2) is 4.98 Å². The van der Waals surface area contributed by atoms with Crippen LogP contribution in [0.25, 0.3) is 5.52 Å². The van der Waals surface area contributed by atoms with E-state index in [4.69, 9.17) is 0 Å². The molecule has 0 saturated heterocycles. The number of hydrogen-bond acceptors (Lipinski definition) is 3. The maximum Gasteiger partial charge on any atom is 0.287 e. The number of rotatable bonds is 7. The van der Waals surface area contributed by atoms with E-state index >= 15 is 0 Å². The summed E-state index contributed by atoms with van der Waals surface area (Å²) in [5.74, 6) is 0.0708. The standard InChI is InChI=1S/C17H24N4O2/c1-4-5-9-18-16(22)14-13-8-6-7-10-21(13)15(20-14)17(23)19-11-12(2)3/h6-8,10,12H,4-5,9,11H2,1-3H3,(H,18,22)(H,19,23). The van der Waals surface area contributed by atoms with Gasteiger partial charge in [-0.2, -0.15) is 0 Å². The van der Waals surface area contributed by atoms with Crippen LogP contribution in [0.5, 0.6) is 0 Å². The number of imidazole rings is 1. The van der Waals surface area contributed by atoms with Crippen LogP contribution in [-0.2, 0) is 0 Å². The molecule has 0 aliphatic heterocycles. The van der Waals surface area contributed by atoms with Gasteiger partial charge in [0.2, 0.25) is 5.82 Å². The monoisotopic (exact) mass is 316 g/mol. The van der Waals surface area contributed by atoms with Gasteiger partial charge in [0.15, 0.2) is 5.69 Å². The normalized spacial score (nSPS) is 11.0. The summed E-state index contributed by atoms with van der Waals surface area (Å²) in [4.78, 5) is 28.9. The van der Waals surface area contributed by atoms with Crippen LogP contribution in [0.4, 0.5) is 0 Å². The van der Waals surface area contributed by atoms with Crippen LogP contribution in [0.3, 0.4) is 0 Å². The SMILES string of the molecule is CCCCNC(=O)c1nc(C(=O)NCC(C)C)n2ccccc12. The molecule has 0 radical (unpaired) electrons. The van der Waals surface area contributed by atoms with E-state index in [0.29, 0.717) is 24.5 Å². The van der Waals surface area contributed by atoms with Gasteiger partial charge in [-0.15, -0.1) is 0 Å². The summed E-state index contributed by atoms with van der Waals surface area (Å²) in [7, 11) is 0. The van der Waals surface area contributed by atoms with Crippen LogP contribution >= 0.6 is 0 Å². The average molecular weight is 316 g/mol. The number of carbonyl (C=O) groups excluding carboxylic acids is 2. The topological polar surface area (TPSA) is 75.5 Å². The Kier molecular flexibility index (Phi) is 5.73. The first kappa shape index (κ1) is 17.0. The van der Waals surface area contributed by atoms with E-state index in [1.54, 1.807) is 16.7 Å². The summed E-state index contributed by atoms with van der Waals surface area (Å²) in [6.45, 7) is 7.29. The molecule has 0 unspecified atom stereocenters. The molecular formula is C17H24N4O2. The Morgan fingerprint density at radius 3 is 2.70 bits per heavy atom. The number of nitrogens with zero attached hydrogens (tertiary/aromatic N) is 2. The zero-order valence-corrected chi connectivity index (χ0v) is 13.9. The lowest BCUT2D eigenvalue weighted by Gasteiger charge is -2.06. The molecule has 23 heavy (non-hydrogen) atoms. The van der Waals surface area contributed by atoms with Crippen LogP contribution in [0.1, 0.15) is 54.7 Å². The van der Waals surface area contributed by atoms with Crippen molar-refractivity contribution in [3.05, 3.63) is 35.9 Å². The molecule has 0 atom stereocenters. The number of fused-ring (bicyclic) bond motifs is 1. The second kappa shape index (κ2) is 7.76. The first-order valence-electron chi connectivity index (χ1n) is 8.08. The van der Waals surface area contributed by atoms with Gasteiger partial charge in [0.1, 0.15) is 0 Å². The third-order valence-electron chi connectivity index (χ3n) is 3.45. The van der Waals surface area contributed by atoms with Crippen molar-refractivity contribution in [3.8, 4) is 0 Å². The summed E-state index contributed by atoms with van der Waals surface area (Å²) in [5, 5.41) is 5.69. The minimum atomic E-state index is -0.271. The molecule has 6 nitrogen and oxygen atoms in total. The minimum absolute atomic E-state index is 0.238. The Balaban J connectivity index is 2.28. The lowest BCUT2D eigenvalue weighted by atomic mass is 10.2. The summed E-state index contributed by atoms with van der Waals surface area (Å²) in [6, 6.07) is 5.43. The Morgan fingerprint density at radius 1 is 1.22 bits per heavy atom. The van der Waals surface area contributed by atoms with Crippen molar-refractivity contribution < 1.29 is 9.59 Å². The third-order valence-corrected chi connectivity index (χ3v) is 3.45. The van der Waals surface area contributed by atoms with Crippen LogP contribution in [0.15, 0.2) is 24.4 Å². The number of hydrogen-bond donors (Lipinski definition) is 2. The number of pyridine rings is 1. The maximum absolute atomic E-state index is 12.3. The lowest BCUT2D eigenvalue weighted by Crippen LogP contribution is -2.29. The molecule has 2 heterocycles. The Hall–Kier alpha value is -2.37. The fraction of sp³-hybridized carbons (Fsp3) is 0.471.